The Kier molecular flexibility index (Phi) is 6.22. The maximum absolute atomic E-state index is 13.7. The average Bonchev–Trinajstić information content (AvgIpc) is 3.19. The predicted molar refractivity (Wildman–Crippen MR) is 154 cm³/mol. The highest BCUT2D eigenvalue weighted by Crippen LogP contribution is 2.51. The van der Waals surface area contributed by atoms with Crippen LogP contribution in [0.15, 0.2) is 94.5 Å². The fraction of sp³-hybridized carbons (Fsp3) is 0.219. The van der Waals surface area contributed by atoms with E-state index in [9.17, 15) is 22.8 Å². The number of ketones is 2. The molecule has 3 aliphatic rings. The molecule has 1 aliphatic heterocycles. The van der Waals surface area contributed by atoms with Crippen LogP contribution in [0.25, 0.3) is 5.70 Å². The van der Waals surface area contributed by atoms with Gasteiger partial charge in [-0.05, 0) is 53.8 Å². The molecule has 1 amide bonds. The van der Waals surface area contributed by atoms with Gasteiger partial charge in [0.25, 0.3) is 0 Å². The number of carbonyl (C=O) groups is 3. The van der Waals surface area contributed by atoms with Crippen LogP contribution in [0.2, 0.25) is 0 Å². The number of Topliss-reactive ketones (excluding diaryl/α,β-unsaturated/α-hetero) is 2. The van der Waals surface area contributed by atoms with Gasteiger partial charge in [-0.15, -0.1) is 0 Å². The van der Waals surface area contributed by atoms with E-state index in [4.69, 9.17) is 4.18 Å². The summed E-state index contributed by atoms with van der Waals surface area (Å²) in [5.41, 5.74) is 5.02. The van der Waals surface area contributed by atoms with Gasteiger partial charge in [0, 0.05) is 52.9 Å². The standard InChI is InChI=1S/C32H28N2O6S/c1-18(35)33-20-10-14-22(15-11-20)41(38,39)40-21-12-8-19(9-13-21)27-28-25(16-32(2,3)17-26(28)36)34-30-23-6-4-5-7-24(23)31(37)29(27)30/h4-15,27,34H,16-17H2,1-3H3,(H,33,35). The van der Waals surface area contributed by atoms with Crippen molar-refractivity contribution in [2.45, 2.75) is 44.4 Å². The van der Waals surface area contributed by atoms with Crippen molar-refractivity contribution in [1.29, 1.82) is 0 Å². The molecular weight excluding hydrogens is 540 g/mol. The highest BCUT2D eigenvalue weighted by molar-refractivity contribution is 7.87. The first-order valence-corrected chi connectivity index (χ1v) is 14.7. The Labute approximate surface area is 238 Å². The second-order valence-electron chi connectivity index (χ2n) is 11.4. The molecule has 208 valence electrons. The van der Waals surface area contributed by atoms with Crippen LogP contribution in [0.1, 0.15) is 61.0 Å². The minimum atomic E-state index is -4.15. The number of hydrogen-bond donors (Lipinski definition) is 2. The number of amides is 1. The van der Waals surface area contributed by atoms with Crippen molar-refractivity contribution in [3.05, 3.63) is 106 Å². The van der Waals surface area contributed by atoms with E-state index in [1.807, 2.05) is 18.2 Å². The number of carbonyl (C=O) groups excluding carboxylic acids is 3. The first-order chi connectivity index (χ1) is 19.4. The second-order valence-corrected chi connectivity index (χ2v) is 12.9. The molecule has 6 rings (SSSR count). The molecule has 0 spiro atoms. The van der Waals surface area contributed by atoms with E-state index in [0.717, 1.165) is 17.0 Å². The third-order valence-corrected chi connectivity index (χ3v) is 8.87. The van der Waals surface area contributed by atoms with Gasteiger partial charge < -0.3 is 14.8 Å². The molecule has 0 aromatic heterocycles. The molecule has 3 aromatic carbocycles. The van der Waals surface area contributed by atoms with Crippen LogP contribution in [0.3, 0.4) is 0 Å². The maximum Gasteiger partial charge on any atom is 0.339 e. The Balaban J connectivity index is 1.35. The van der Waals surface area contributed by atoms with Crippen LogP contribution < -0.4 is 14.8 Å². The van der Waals surface area contributed by atoms with Gasteiger partial charge in [0.15, 0.2) is 11.6 Å². The van der Waals surface area contributed by atoms with E-state index in [-0.39, 0.29) is 33.5 Å². The van der Waals surface area contributed by atoms with E-state index < -0.39 is 16.0 Å². The highest BCUT2D eigenvalue weighted by Gasteiger charge is 2.46. The number of anilines is 1. The van der Waals surface area contributed by atoms with Crippen molar-refractivity contribution >= 4 is 39.0 Å². The van der Waals surface area contributed by atoms with Crippen LogP contribution in [0, 0.1) is 5.41 Å². The summed E-state index contributed by atoms with van der Waals surface area (Å²) in [6.07, 6.45) is 1.03. The van der Waals surface area contributed by atoms with Crippen LogP contribution in [0.4, 0.5) is 5.69 Å². The Morgan fingerprint density at radius 3 is 2.22 bits per heavy atom. The summed E-state index contributed by atoms with van der Waals surface area (Å²) in [6.45, 7) is 5.48. The van der Waals surface area contributed by atoms with E-state index in [0.29, 0.717) is 40.8 Å². The minimum Gasteiger partial charge on any atom is -0.379 e. The van der Waals surface area contributed by atoms with Gasteiger partial charge in [0.2, 0.25) is 5.91 Å². The molecular formula is C32H28N2O6S. The zero-order valence-electron chi connectivity index (χ0n) is 22.8. The van der Waals surface area contributed by atoms with Crippen molar-refractivity contribution in [3.63, 3.8) is 0 Å². The molecule has 41 heavy (non-hydrogen) atoms. The first kappa shape index (κ1) is 26.7. The molecule has 1 atom stereocenters. The number of fused-ring (bicyclic) bond motifs is 2. The van der Waals surface area contributed by atoms with Crippen molar-refractivity contribution < 1.29 is 27.0 Å². The normalized spacial score (nSPS) is 19.2. The topological polar surface area (TPSA) is 119 Å². The summed E-state index contributed by atoms with van der Waals surface area (Å²) >= 11 is 0. The Morgan fingerprint density at radius 2 is 1.56 bits per heavy atom. The number of allylic oxidation sites excluding steroid dienone is 3. The number of dihydropyridines is 1. The summed E-state index contributed by atoms with van der Waals surface area (Å²) in [4.78, 5) is 38.4. The van der Waals surface area contributed by atoms with Crippen molar-refractivity contribution in [2.75, 3.05) is 5.32 Å². The summed E-state index contributed by atoms with van der Waals surface area (Å²) in [6, 6.07) is 19.6. The summed E-state index contributed by atoms with van der Waals surface area (Å²) in [5.74, 6) is -0.887. The number of hydrogen-bond acceptors (Lipinski definition) is 7. The molecule has 1 unspecified atom stereocenters. The average molecular weight is 569 g/mol. The maximum atomic E-state index is 13.7. The second kappa shape index (κ2) is 9.55. The fourth-order valence-electron chi connectivity index (χ4n) is 5.92. The number of rotatable bonds is 5. The Morgan fingerprint density at radius 1 is 0.902 bits per heavy atom. The molecule has 2 aliphatic carbocycles. The Hall–Kier alpha value is -4.50. The van der Waals surface area contributed by atoms with Gasteiger partial charge in [0.05, 0.1) is 5.70 Å². The van der Waals surface area contributed by atoms with Crippen LogP contribution >= 0.6 is 0 Å². The fourth-order valence-corrected chi connectivity index (χ4v) is 6.85. The summed E-state index contributed by atoms with van der Waals surface area (Å²) < 4.78 is 31.2. The smallest absolute Gasteiger partial charge is 0.339 e. The number of benzene rings is 3. The molecule has 0 fully saturated rings. The van der Waals surface area contributed by atoms with E-state index >= 15 is 0 Å². The van der Waals surface area contributed by atoms with E-state index in [1.54, 1.807) is 18.2 Å². The first-order valence-electron chi connectivity index (χ1n) is 13.3. The summed E-state index contributed by atoms with van der Waals surface area (Å²) in [7, 11) is -4.15. The van der Waals surface area contributed by atoms with Gasteiger partial charge >= 0.3 is 10.1 Å². The van der Waals surface area contributed by atoms with Gasteiger partial charge in [-0.3, -0.25) is 14.4 Å². The van der Waals surface area contributed by atoms with Gasteiger partial charge in [-0.25, -0.2) is 0 Å². The minimum absolute atomic E-state index is 0.00494. The molecule has 0 bridgehead atoms. The Bertz CT molecular complexity index is 1800. The third-order valence-electron chi connectivity index (χ3n) is 7.61. The quantitative estimate of drug-likeness (QED) is 0.398. The molecule has 9 heteroatoms. The zero-order chi connectivity index (χ0) is 29.1. The van der Waals surface area contributed by atoms with Crippen LogP contribution in [-0.4, -0.2) is 25.9 Å². The largest absolute Gasteiger partial charge is 0.379 e. The number of nitrogens with one attached hydrogen (secondary N) is 2. The van der Waals surface area contributed by atoms with Crippen LogP contribution in [-0.2, 0) is 19.7 Å². The lowest BCUT2D eigenvalue weighted by Crippen LogP contribution is -2.37. The summed E-state index contributed by atoms with van der Waals surface area (Å²) in [5, 5.41) is 6.04. The predicted octanol–water partition coefficient (Wildman–Crippen LogP) is 5.35. The molecule has 8 nitrogen and oxygen atoms in total. The highest BCUT2D eigenvalue weighted by atomic mass is 32.2. The van der Waals surface area contributed by atoms with Gasteiger partial charge in [-0.2, -0.15) is 8.42 Å². The van der Waals surface area contributed by atoms with Crippen LogP contribution in [0.5, 0.6) is 5.75 Å². The van der Waals surface area contributed by atoms with Gasteiger partial charge in [-0.1, -0.05) is 50.2 Å². The molecule has 1 heterocycles. The molecule has 2 N–H and O–H groups in total. The monoisotopic (exact) mass is 568 g/mol. The lowest BCUT2D eigenvalue weighted by atomic mass is 9.68. The lowest BCUT2D eigenvalue weighted by Gasteiger charge is -2.39. The van der Waals surface area contributed by atoms with E-state index in [2.05, 4.69) is 24.5 Å². The van der Waals surface area contributed by atoms with E-state index in [1.165, 1.54) is 43.3 Å². The molecule has 0 saturated heterocycles. The van der Waals surface area contributed by atoms with Crippen molar-refractivity contribution in [2.24, 2.45) is 5.41 Å². The molecule has 0 radical (unpaired) electrons. The lowest BCUT2D eigenvalue weighted by molar-refractivity contribution is -0.118. The molecule has 0 saturated carbocycles. The molecule has 3 aromatic rings. The zero-order valence-corrected chi connectivity index (χ0v) is 23.6. The SMILES string of the molecule is CC(=O)Nc1ccc(S(=O)(=O)Oc2ccc(C3C4=C(CC(C)(C)CC4=O)NC4=C3C(=O)c3ccccc34)cc2)cc1. The third kappa shape index (κ3) is 4.76. The van der Waals surface area contributed by atoms with Gasteiger partial charge in [0.1, 0.15) is 10.6 Å². The van der Waals surface area contributed by atoms with Crippen molar-refractivity contribution in [1.82, 2.24) is 5.32 Å². The van der Waals surface area contributed by atoms with Crippen molar-refractivity contribution in [3.8, 4) is 5.75 Å².